The fourth-order valence-corrected chi connectivity index (χ4v) is 4.97. The van der Waals surface area contributed by atoms with E-state index in [0.29, 0.717) is 16.9 Å². The number of nitrogens with zero attached hydrogens (tertiary/aromatic N) is 1. The Morgan fingerprint density at radius 2 is 1.68 bits per heavy atom. The largest absolute Gasteiger partial charge is 0.496 e. The first kappa shape index (κ1) is 23.1. The van der Waals surface area contributed by atoms with Gasteiger partial charge in [-0.15, -0.1) is 0 Å². The zero-order valence-corrected chi connectivity index (χ0v) is 18.3. The van der Waals surface area contributed by atoms with Crippen molar-refractivity contribution in [1.29, 1.82) is 0 Å². The van der Waals surface area contributed by atoms with Crippen molar-refractivity contribution in [3.05, 3.63) is 59.7 Å². The number of hydrogen-bond acceptors (Lipinski definition) is 7. The Balaban J connectivity index is 1.87. The molecule has 34 heavy (non-hydrogen) atoms. The minimum atomic E-state index is -2.22. The number of anilines is 1. The Bertz CT molecular complexity index is 1210. The number of carbonyl (C=O) groups is 5. The van der Waals surface area contributed by atoms with Gasteiger partial charge in [-0.05, 0) is 37.3 Å². The zero-order chi connectivity index (χ0) is 24.8. The third-order valence-electron chi connectivity index (χ3n) is 6.47. The number of carboxylic acid groups (broad SMARTS) is 2. The molecule has 2 heterocycles. The molecule has 2 saturated heterocycles. The van der Waals surface area contributed by atoms with Crippen LogP contribution in [-0.2, 0) is 19.2 Å². The number of ketones is 1. The van der Waals surface area contributed by atoms with Gasteiger partial charge < -0.3 is 14.9 Å². The Morgan fingerprint density at radius 3 is 2.24 bits per heavy atom. The molecular formula is C24H22N2O8. The summed E-state index contributed by atoms with van der Waals surface area (Å²) in [6.45, 7) is 1.38. The van der Waals surface area contributed by atoms with Crippen LogP contribution in [0.3, 0.4) is 0 Å². The van der Waals surface area contributed by atoms with Gasteiger partial charge >= 0.3 is 11.9 Å². The van der Waals surface area contributed by atoms with E-state index in [1.807, 2.05) is 0 Å². The lowest BCUT2D eigenvalue weighted by molar-refractivity contribution is -0.154. The van der Waals surface area contributed by atoms with E-state index in [1.165, 1.54) is 38.3 Å². The standard InChI is InChI=1S/C24H22N2O8/c1-12(27)13-7-9-14(10-8-13)26-21(30)18-19(22(26)31)24(23(32)33,11-17(28)29)25-20(18)15-5-3-4-6-16(15)34-2/h3-10,18-20,25H,11H2,1-2H3,(H,28,29)(H,32,33). The third kappa shape index (κ3) is 3.43. The Kier molecular flexibility index (Phi) is 5.70. The summed E-state index contributed by atoms with van der Waals surface area (Å²) in [6, 6.07) is 11.4. The Morgan fingerprint density at radius 1 is 1.03 bits per heavy atom. The maximum Gasteiger partial charge on any atom is 0.325 e. The summed E-state index contributed by atoms with van der Waals surface area (Å²) in [5.41, 5.74) is -1.24. The molecule has 2 aliphatic rings. The molecule has 10 heteroatoms. The molecule has 0 radical (unpaired) electrons. The number of carboxylic acids is 2. The van der Waals surface area contributed by atoms with E-state index in [0.717, 1.165) is 4.90 Å². The van der Waals surface area contributed by atoms with Crippen LogP contribution in [0.5, 0.6) is 5.75 Å². The molecule has 10 nitrogen and oxygen atoms in total. The number of rotatable bonds is 7. The smallest absolute Gasteiger partial charge is 0.325 e. The lowest BCUT2D eigenvalue weighted by Crippen LogP contribution is -2.57. The molecule has 4 atom stereocenters. The second-order valence-electron chi connectivity index (χ2n) is 8.33. The summed E-state index contributed by atoms with van der Waals surface area (Å²) < 4.78 is 5.38. The average molecular weight is 466 g/mol. The summed E-state index contributed by atoms with van der Waals surface area (Å²) in [7, 11) is 1.41. The minimum Gasteiger partial charge on any atom is -0.496 e. The number of benzene rings is 2. The highest BCUT2D eigenvalue weighted by Gasteiger charge is 2.69. The van der Waals surface area contributed by atoms with Crippen LogP contribution >= 0.6 is 0 Å². The normalized spacial score (nSPS) is 25.8. The molecule has 0 saturated carbocycles. The van der Waals surface area contributed by atoms with E-state index in [-0.39, 0.29) is 11.5 Å². The summed E-state index contributed by atoms with van der Waals surface area (Å²) >= 11 is 0. The molecule has 0 aromatic heterocycles. The summed E-state index contributed by atoms with van der Waals surface area (Å²) in [5.74, 6) is -6.96. The van der Waals surface area contributed by atoms with Crippen molar-refractivity contribution in [1.82, 2.24) is 5.32 Å². The molecule has 3 N–H and O–H groups in total. The number of hydrogen-bond donors (Lipinski definition) is 3. The van der Waals surface area contributed by atoms with Crippen molar-refractivity contribution in [3.8, 4) is 5.75 Å². The first-order chi connectivity index (χ1) is 16.1. The monoisotopic (exact) mass is 466 g/mol. The van der Waals surface area contributed by atoms with Crippen LogP contribution in [0.1, 0.15) is 35.3 Å². The number of carbonyl (C=O) groups excluding carboxylic acids is 3. The Hall–Kier alpha value is -4.05. The molecule has 2 fully saturated rings. The van der Waals surface area contributed by atoms with Gasteiger partial charge in [0.15, 0.2) is 5.78 Å². The van der Waals surface area contributed by atoms with Gasteiger partial charge in [0.1, 0.15) is 11.3 Å². The maximum absolute atomic E-state index is 13.6. The van der Waals surface area contributed by atoms with Gasteiger partial charge in [-0.3, -0.25) is 29.3 Å². The van der Waals surface area contributed by atoms with E-state index in [2.05, 4.69) is 5.32 Å². The van der Waals surface area contributed by atoms with E-state index < -0.39 is 53.6 Å². The fourth-order valence-electron chi connectivity index (χ4n) is 4.97. The number of Topliss-reactive ketones (excluding diaryl/α,β-unsaturated/α-hetero) is 1. The lowest BCUT2D eigenvalue weighted by Gasteiger charge is -2.30. The number of aliphatic carboxylic acids is 2. The van der Waals surface area contributed by atoms with Crippen LogP contribution in [0, 0.1) is 11.8 Å². The number of nitrogens with one attached hydrogen (secondary N) is 1. The molecule has 176 valence electrons. The molecular weight excluding hydrogens is 444 g/mol. The molecule has 2 aromatic rings. The zero-order valence-electron chi connectivity index (χ0n) is 18.3. The van der Waals surface area contributed by atoms with Gasteiger partial charge in [-0.25, -0.2) is 4.90 Å². The van der Waals surface area contributed by atoms with Crippen molar-refractivity contribution >= 4 is 35.2 Å². The number of imide groups is 1. The molecule has 0 aliphatic carbocycles. The summed E-state index contributed by atoms with van der Waals surface area (Å²) in [6.07, 6.45) is -0.911. The van der Waals surface area contributed by atoms with E-state index in [1.54, 1.807) is 24.3 Å². The van der Waals surface area contributed by atoms with Crippen LogP contribution in [0.2, 0.25) is 0 Å². The number of methoxy groups -OCH3 is 1. The van der Waals surface area contributed by atoms with Gasteiger partial charge in [0.2, 0.25) is 11.8 Å². The van der Waals surface area contributed by atoms with Crippen molar-refractivity contribution in [2.45, 2.75) is 24.9 Å². The van der Waals surface area contributed by atoms with E-state index in [4.69, 9.17) is 4.74 Å². The average Bonchev–Trinajstić information content (AvgIpc) is 3.27. The molecule has 2 amide bonds. The number of ether oxygens (including phenoxy) is 1. The van der Waals surface area contributed by atoms with Crippen LogP contribution in [-0.4, -0.2) is 52.4 Å². The van der Waals surface area contributed by atoms with Crippen molar-refractivity contribution in [2.24, 2.45) is 11.8 Å². The van der Waals surface area contributed by atoms with E-state index >= 15 is 0 Å². The number of para-hydroxylation sites is 1. The van der Waals surface area contributed by atoms with Gasteiger partial charge in [-0.2, -0.15) is 0 Å². The van der Waals surface area contributed by atoms with Crippen LogP contribution in [0.4, 0.5) is 5.69 Å². The first-order valence-corrected chi connectivity index (χ1v) is 10.5. The summed E-state index contributed by atoms with van der Waals surface area (Å²) in [5, 5.41) is 22.5. The predicted octanol–water partition coefficient (Wildman–Crippen LogP) is 1.65. The number of fused-ring (bicyclic) bond motifs is 1. The molecule has 2 aromatic carbocycles. The fraction of sp³-hybridized carbons (Fsp3) is 0.292. The van der Waals surface area contributed by atoms with Gasteiger partial charge in [0, 0.05) is 17.2 Å². The molecule has 4 unspecified atom stereocenters. The minimum absolute atomic E-state index is 0.169. The summed E-state index contributed by atoms with van der Waals surface area (Å²) in [4.78, 5) is 63.8. The van der Waals surface area contributed by atoms with Crippen LogP contribution in [0.15, 0.2) is 48.5 Å². The quantitative estimate of drug-likeness (QED) is 0.409. The second-order valence-corrected chi connectivity index (χ2v) is 8.33. The molecule has 4 rings (SSSR count). The van der Waals surface area contributed by atoms with Crippen LogP contribution < -0.4 is 15.0 Å². The van der Waals surface area contributed by atoms with Gasteiger partial charge in [-0.1, -0.05) is 18.2 Å². The van der Waals surface area contributed by atoms with E-state index in [9.17, 15) is 34.2 Å². The number of amides is 2. The van der Waals surface area contributed by atoms with Crippen molar-refractivity contribution < 1.29 is 38.9 Å². The Labute approximate surface area is 194 Å². The molecule has 0 spiro atoms. The first-order valence-electron chi connectivity index (χ1n) is 10.5. The third-order valence-corrected chi connectivity index (χ3v) is 6.47. The highest BCUT2D eigenvalue weighted by Crippen LogP contribution is 2.52. The lowest BCUT2D eigenvalue weighted by atomic mass is 9.77. The maximum atomic E-state index is 13.6. The highest BCUT2D eigenvalue weighted by atomic mass is 16.5. The van der Waals surface area contributed by atoms with Crippen molar-refractivity contribution in [2.75, 3.05) is 12.0 Å². The van der Waals surface area contributed by atoms with Gasteiger partial charge in [0.05, 0.1) is 31.1 Å². The molecule has 0 bridgehead atoms. The predicted molar refractivity (Wildman–Crippen MR) is 117 cm³/mol. The highest BCUT2D eigenvalue weighted by molar-refractivity contribution is 6.24. The SMILES string of the molecule is COc1ccccc1C1NC(CC(=O)O)(C(=O)O)C2C(=O)N(c3ccc(C(C)=O)cc3)C(=O)C12. The second kappa shape index (κ2) is 8.38. The molecule has 2 aliphatic heterocycles. The topological polar surface area (TPSA) is 150 Å². The van der Waals surface area contributed by atoms with Crippen LogP contribution in [0.25, 0.3) is 0 Å². The van der Waals surface area contributed by atoms with Crippen molar-refractivity contribution in [3.63, 3.8) is 0 Å². The van der Waals surface area contributed by atoms with Gasteiger partial charge in [0.25, 0.3) is 0 Å².